The number of nitrogens with zero attached hydrogens (tertiary/aromatic N) is 2. The third-order valence-electron chi connectivity index (χ3n) is 8.17. The molecule has 1 aliphatic carbocycles. The normalized spacial score (nSPS) is 15.7. The maximum Gasteiger partial charge on any atom is 1.00 e. The number of imide groups is 1. The summed E-state index contributed by atoms with van der Waals surface area (Å²) in [5.41, 5.74) is 3.66. The number of likely N-dealkylation sites (tertiary alicyclic amines) is 1. The Morgan fingerprint density at radius 2 is 1.64 bits per heavy atom. The molecule has 0 saturated carbocycles. The molecular weight excluding hydrogens is 736 g/mol. The van der Waals surface area contributed by atoms with Gasteiger partial charge in [-0.25, -0.2) is 0 Å². The maximum absolute atomic E-state index is 12.8. The van der Waals surface area contributed by atoms with Gasteiger partial charge in [-0.3, -0.25) is 28.9 Å². The van der Waals surface area contributed by atoms with Crippen molar-refractivity contribution in [3.8, 4) is 0 Å². The van der Waals surface area contributed by atoms with Crippen LogP contribution in [0.3, 0.4) is 0 Å². The molecule has 13 nitrogen and oxygen atoms in total. The molecule has 15 heteroatoms. The van der Waals surface area contributed by atoms with Gasteiger partial charge in [-0.1, -0.05) is 36.2 Å². The van der Waals surface area contributed by atoms with Crippen LogP contribution in [0.4, 0.5) is 0 Å². The second kappa shape index (κ2) is 24.1. The average molecular weight is 784 g/mol. The minimum atomic E-state index is -0.724. The number of carbonyl (C=O) groups is 7. The van der Waals surface area contributed by atoms with Gasteiger partial charge in [-0.05, 0) is 51.0 Å². The number of thioether (sulfide) groups is 1. The van der Waals surface area contributed by atoms with Crippen LogP contribution in [0.15, 0.2) is 35.5 Å². The Balaban J connectivity index is 0.00000867. The Hall–Kier alpha value is -2.23. The van der Waals surface area contributed by atoms with Crippen LogP contribution in [-0.2, 0) is 51.3 Å². The number of nitrogens with one attached hydrogen (secondary N) is 3. The van der Waals surface area contributed by atoms with Crippen molar-refractivity contribution in [3.05, 3.63) is 52.0 Å². The van der Waals surface area contributed by atoms with Crippen LogP contribution in [0, 0.1) is 0 Å². The van der Waals surface area contributed by atoms with Crippen molar-refractivity contribution in [3.63, 3.8) is 0 Å². The fourth-order valence-electron chi connectivity index (χ4n) is 5.47. The van der Waals surface area contributed by atoms with Crippen molar-refractivity contribution >= 4 is 52.9 Å². The standard InChI is InChI=1S/C35H49N5O8S.Rb/c1-24(41)8-4-3-7-15-37-33(45)23-49-30-19-34(46)40(35(30)47)21-31(43)38-16-17-48-22-32(44)39-20-26-13-11-25(12-14-26)18-29(42)27-9-5-6-10-28(27)36-2;/h11-14,30H,3-10,15-23H2,1-2H3,(H4,36,37,38,39,42,43,44,45);/q;+1/p-1. The average Bonchev–Trinajstić information content (AvgIpc) is 3.35. The Kier molecular flexibility index (Phi) is 21.2. The molecule has 50 heavy (non-hydrogen) atoms. The summed E-state index contributed by atoms with van der Waals surface area (Å²) in [6, 6.07) is 7.45. The van der Waals surface area contributed by atoms with Gasteiger partial charge in [0.1, 0.15) is 12.3 Å². The van der Waals surface area contributed by atoms with Gasteiger partial charge in [-0.15, -0.1) is 18.3 Å². The second-order valence-corrected chi connectivity index (χ2v) is 13.3. The summed E-state index contributed by atoms with van der Waals surface area (Å²) < 4.78 is 5.31. The van der Waals surface area contributed by atoms with E-state index in [0.717, 1.165) is 84.0 Å². The quantitative estimate of drug-likeness (QED) is 0.103. The van der Waals surface area contributed by atoms with Crippen LogP contribution >= 0.6 is 11.8 Å². The van der Waals surface area contributed by atoms with Gasteiger partial charge >= 0.3 is 58.2 Å². The van der Waals surface area contributed by atoms with Crippen molar-refractivity contribution in [1.82, 2.24) is 20.9 Å². The largest absolute Gasteiger partial charge is 1.00 e. The molecule has 5 amide bonds. The summed E-state index contributed by atoms with van der Waals surface area (Å²) in [5.74, 6) is -1.92. The maximum atomic E-state index is 12.8. The summed E-state index contributed by atoms with van der Waals surface area (Å²) >= 11 is 1.07. The first kappa shape index (κ1) is 43.9. The van der Waals surface area contributed by atoms with Gasteiger partial charge < -0.3 is 35.6 Å². The summed E-state index contributed by atoms with van der Waals surface area (Å²) in [7, 11) is 1.86. The molecule has 1 aromatic carbocycles. The molecule has 1 fully saturated rings. The van der Waals surface area contributed by atoms with E-state index >= 15 is 0 Å². The number of rotatable bonds is 22. The summed E-state index contributed by atoms with van der Waals surface area (Å²) in [4.78, 5) is 86.2. The van der Waals surface area contributed by atoms with Crippen LogP contribution in [0.2, 0.25) is 0 Å². The SMILES string of the molecule is CNC1=C(C(=O)Cc2ccc(C[N-]C(=O)COCCNC(=O)CN3C(=O)CC(SCC(=O)NCCCCCC(C)=O)C3=O)cc2)CCCC1.[Rb+]. The summed E-state index contributed by atoms with van der Waals surface area (Å²) in [5, 5.41) is 11.8. The molecule has 1 atom stereocenters. The minimum absolute atomic E-state index is 0. The van der Waals surface area contributed by atoms with E-state index in [1.54, 1.807) is 6.92 Å². The predicted molar refractivity (Wildman–Crippen MR) is 185 cm³/mol. The Morgan fingerprint density at radius 3 is 2.36 bits per heavy atom. The Morgan fingerprint density at radius 1 is 0.940 bits per heavy atom. The Bertz CT molecular complexity index is 1390. The minimum Gasteiger partial charge on any atom is -0.648 e. The monoisotopic (exact) mass is 783 g/mol. The fourth-order valence-corrected chi connectivity index (χ4v) is 6.46. The van der Waals surface area contributed by atoms with Crippen molar-refractivity contribution < 1.29 is 96.5 Å². The molecule has 1 heterocycles. The Labute approximate surface area is 347 Å². The van der Waals surface area contributed by atoms with E-state index in [4.69, 9.17) is 4.74 Å². The van der Waals surface area contributed by atoms with Crippen LogP contribution < -0.4 is 74.1 Å². The topological polar surface area (TPSA) is 182 Å². The zero-order chi connectivity index (χ0) is 35.6. The van der Waals surface area contributed by atoms with Gasteiger partial charge in [0.2, 0.25) is 23.6 Å². The van der Waals surface area contributed by atoms with Gasteiger partial charge in [0, 0.05) is 50.7 Å². The molecule has 268 valence electrons. The number of amides is 5. The van der Waals surface area contributed by atoms with Crippen molar-refractivity contribution in [2.75, 3.05) is 45.6 Å². The molecule has 0 spiro atoms. The summed E-state index contributed by atoms with van der Waals surface area (Å²) in [6.45, 7) is 1.61. The zero-order valence-electron chi connectivity index (χ0n) is 29.5. The van der Waals surface area contributed by atoms with Crippen LogP contribution in [-0.4, -0.2) is 96.9 Å². The number of carbonyl (C=O) groups excluding carboxylic acids is 7. The molecule has 1 aliphatic heterocycles. The van der Waals surface area contributed by atoms with Crippen molar-refractivity contribution in [2.24, 2.45) is 0 Å². The number of hydrogen-bond acceptors (Lipinski definition) is 10. The van der Waals surface area contributed by atoms with E-state index < -0.39 is 35.4 Å². The van der Waals surface area contributed by atoms with Gasteiger partial charge in [0.15, 0.2) is 5.78 Å². The van der Waals surface area contributed by atoms with Crippen LogP contribution in [0.25, 0.3) is 5.32 Å². The predicted octanol–water partition coefficient (Wildman–Crippen LogP) is -0.491. The van der Waals surface area contributed by atoms with Gasteiger partial charge in [0.05, 0.1) is 30.1 Å². The molecule has 1 unspecified atom stereocenters. The van der Waals surface area contributed by atoms with Crippen molar-refractivity contribution in [2.45, 2.75) is 82.9 Å². The first-order valence-electron chi connectivity index (χ1n) is 16.8. The number of hydrogen-bond donors (Lipinski definition) is 3. The molecule has 1 aromatic rings. The molecule has 0 radical (unpaired) electrons. The van der Waals surface area contributed by atoms with Crippen molar-refractivity contribution in [1.29, 1.82) is 0 Å². The van der Waals surface area contributed by atoms with Gasteiger partial charge in [0.25, 0.3) is 0 Å². The van der Waals surface area contributed by atoms with Gasteiger partial charge in [-0.2, -0.15) is 0 Å². The van der Waals surface area contributed by atoms with E-state index in [-0.39, 0.29) is 114 Å². The number of ketones is 2. The summed E-state index contributed by atoms with van der Waals surface area (Å²) in [6.07, 6.45) is 6.98. The molecule has 2 aliphatic rings. The molecule has 3 rings (SSSR count). The first-order valence-corrected chi connectivity index (χ1v) is 17.9. The number of benzene rings is 1. The third kappa shape index (κ3) is 16.0. The fraction of sp³-hybridized carbons (Fsp3) is 0.571. The van der Waals surface area contributed by atoms with E-state index in [2.05, 4.69) is 21.3 Å². The van der Waals surface area contributed by atoms with E-state index in [1.807, 2.05) is 31.3 Å². The molecule has 0 bridgehead atoms. The number of Topliss-reactive ketones (excluding diaryl/α,β-unsaturated/α-hetero) is 2. The molecule has 0 aromatic heterocycles. The zero-order valence-corrected chi connectivity index (χ0v) is 35.2. The smallest absolute Gasteiger partial charge is 0.648 e. The third-order valence-corrected chi connectivity index (χ3v) is 9.37. The first-order chi connectivity index (χ1) is 23.6. The van der Waals surface area contributed by atoms with E-state index in [0.29, 0.717) is 19.4 Å². The number of allylic oxidation sites excluding steroid dienone is 2. The second-order valence-electron chi connectivity index (χ2n) is 12.1. The van der Waals surface area contributed by atoms with Crippen LogP contribution in [0.1, 0.15) is 75.8 Å². The molecular formula is C35H48N5O8RbS. The number of ether oxygens (including phenoxy) is 1. The molecule has 3 N–H and O–H groups in total. The van der Waals surface area contributed by atoms with E-state index in [1.165, 1.54) is 0 Å². The number of unbranched alkanes of at least 4 members (excludes halogenated alkanes) is 2. The van der Waals surface area contributed by atoms with E-state index in [9.17, 15) is 33.6 Å². The molecule has 1 saturated heterocycles. The van der Waals surface area contributed by atoms with Crippen LogP contribution in [0.5, 0.6) is 0 Å².